The zero-order valence-corrected chi connectivity index (χ0v) is 12.6. The van der Waals surface area contributed by atoms with Crippen molar-refractivity contribution in [3.8, 4) is 11.5 Å². The van der Waals surface area contributed by atoms with Crippen molar-refractivity contribution in [3.05, 3.63) is 23.8 Å². The minimum Gasteiger partial charge on any atom is -0.490 e. The van der Waals surface area contributed by atoms with Gasteiger partial charge in [0.05, 0.1) is 39.1 Å². The van der Waals surface area contributed by atoms with Gasteiger partial charge in [0.25, 0.3) is 0 Å². The van der Waals surface area contributed by atoms with Gasteiger partial charge in [-0.25, -0.2) is 0 Å². The highest BCUT2D eigenvalue weighted by atomic mass is 16.5. The minimum absolute atomic E-state index is 0.193. The summed E-state index contributed by atoms with van der Waals surface area (Å²) < 4.78 is 21.5. The second-order valence-corrected chi connectivity index (χ2v) is 4.25. The number of ether oxygens (including phenoxy) is 4. The molecule has 0 bridgehead atoms. The van der Waals surface area contributed by atoms with Crippen molar-refractivity contribution in [2.75, 3.05) is 40.1 Å². The Morgan fingerprint density at radius 3 is 2.40 bits per heavy atom. The molecule has 1 rings (SSSR count). The molecule has 0 fully saturated rings. The maximum atomic E-state index is 6.10. The van der Waals surface area contributed by atoms with Crippen molar-refractivity contribution < 1.29 is 18.9 Å². The summed E-state index contributed by atoms with van der Waals surface area (Å²) in [6.07, 6.45) is 0. The van der Waals surface area contributed by atoms with Crippen LogP contribution in [0.25, 0.3) is 0 Å². The summed E-state index contributed by atoms with van der Waals surface area (Å²) in [6.45, 7) is 6.63. The Kier molecular flexibility index (Phi) is 8.02. The van der Waals surface area contributed by atoms with Crippen molar-refractivity contribution in [2.45, 2.75) is 19.9 Å². The highest BCUT2D eigenvalue weighted by Crippen LogP contribution is 2.30. The van der Waals surface area contributed by atoms with E-state index in [2.05, 4.69) is 0 Å². The second kappa shape index (κ2) is 9.58. The number of hydrogen-bond donors (Lipinski definition) is 1. The largest absolute Gasteiger partial charge is 0.490 e. The van der Waals surface area contributed by atoms with E-state index >= 15 is 0 Å². The maximum Gasteiger partial charge on any atom is 0.161 e. The van der Waals surface area contributed by atoms with Crippen molar-refractivity contribution in [1.29, 1.82) is 0 Å². The summed E-state index contributed by atoms with van der Waals surface area (Å²) in [5, 5.41) is 0. The summed E-state index contributed by atoms with van der Waals surface area (Å²) in [5.74, 6) is 1.46. The molecule has 0 aliphatic rings. The lowest BCUT2D eigenvalue weighted by atomic mass is 10.1. The average molecular weight is 283 g/mol. The smallest absolute Gasteiger partial charge is 0.161 e. The number of nitrogens with two attached hydrogens (primary N) is 1. The normalized spacial score (nSPS) is 12.2. The Bertz CT molecular complexity index is 384. The average Bonchev–Trinajstić information content (AvgIpc) is 2.45. The summed E-state index contributed by atoms with van der Waals surface area (Å²) in [7, 11) is 1.64. The third-order valence-corrected chi connectivity index (χ3v) is 2.72. The van der Waals surface area contributed by atoms with Crippen LogP contribution in [0.5, 0.6) is 11.5 Å². The summed E-state index contributed by atoms with van der Waals surface area (Å²) in [4.78, 5) is 0. The lowest BCUT2D eigenvalue weighted by molar-refractivity contribution is 0.0635. The van der Waals surface area contributed by atoms with Gasteiger partial charge in [0, 0.05) is 7.11 Å². The Morgan fingerprint density at radius 1 is 1.05 bits per heavy atom. The van der Waals surface area contributed by atoms with Crippen LogP contribution in [0.2, 0.25) is 0 Å². The summed E-state index contributed by atoms with van der Waals surface area (Å²) >= 11 is 0. The molecule has 0 aliphatic heterocycles. The molecule has 0 saturated carbocycles. The Balaban J connectivity index is 2.66. The van der Waals surface area contributed by atoms with E-state index in [1.54, 1.807) is 7.11 Å². The monoisotopic (exact) mass is 283 g/mol. The van der Waals surface area contributed by atoms with E-state index in [1.807, 2.05) is 32.0 Å². The van der Waals surface area contributed by atoms with Gasteiger partial charge in [-0.1, -0.05) is 6.07 Å². The van der Waals surface area contributed by atoms with Crippen molar-refractivity contribution >= 4 is 0 Å². The number of benzene rings is 1. The molecule has 2 N–H and O–H groups in total. The molecule has 0 aromatic heterocycles. The fourth-order valence-electron chi connectivity index (χ4n) is 1.75. The van der Waals surface area contributed by atoms with E-state index in [0.717, 1.165) is 17.1 Å². The van der Waals surface area contributed by atoms with Crippen LogP contribution in [0, 0.1) is 0 Å². The van der Waals surface area contributed by atoms with Gasteiger partial charge in [0.15, 0.2) is 11.5 Å². The molecule has 5 nitrogen and oxygen atoms in total. The quantitative estimate of drug-likeness (QED) is 0.667. The van der Waals surface area contributed by atoms with Crippen LogP contribution in [0.4, 0.5) is 0 Å². The van der Waals surface area contributed by atoms with Gasteiger partial charge in [-0.2, -0.15) is 0 Å². The van der Waals surface area contributed by atoms with Crippen molar-refractivity contribution in [3.63, 3.8) is 0 Å². The first-order chi connectivity index (χ1) is 9.72. The molecule has 0 spiro atoms. The Morgan fingerprint density at radius 2 is 1.75 bits per heavy atom. The van der Waals surface area contributed by atoms with Gasteiger partial charge in [-0.05, 0) is 31.5 Å². The molecular formula is C15H25NO4. The molecule has 5 heteroatoms. The van der Waals surface area contributed by atoms with Gasteiger partial charge >= 0.3 is 0 Å². The van der Waals surface area contributed by atoms with E-state index in [0.29, 0.717) is 33.0 Å². The van der Waals surface area contributed by atoms with Crippen LogP contribution in [0.15, 0.2) is 18.2 Å². The SMILES string of the molecule is CCOc1ccc(C(N)COCCOC)cc1OCC. The fraction of sp³-hybridized carbons (Fsp3) is 0.600. The van der Waals surface area contributed by atoms with Gasteiger partial charge in [0.2, 0.25) is 0 Å². The molecule has 1 atom stereocenters. The van der Waals surface area contributed by atoms with Crippen LogP contribution in [0.3, 0.4) is 0 Å². The summed E-state index contributed by atoms with van der Waals surface area (Å²) in [6, 6.07) is 5.55. The molecule has 1 unspecified atom stereocenters. The van der Waals surface area contributed by atoms with Crippen LogP contribution < -0.4 is 15.2 Å². The van der Waals surface area contributed by atoms with Gasteiger partial charge < -0.3 is 24.7 Å². The number of methoxy groups -OCH3 is 1. The van der Waals surface area contributed by atoms with Gasteiger partial charge in [-0.15, -0.1) is 0 Å². The third kappa shape index (κ3) is 5.36. The molecule has 20 heavy (non-hydrogen) atoms. The van der Waals surface area contributed by atoms with Gasteiger partial charge in [0.1, 0.15) is 0 Å². The predicted molar refractivity (Wildman–Crippen MR) is 78.4 cm³/mol. The van der Waals surface area contributed by atoms with Crippen LogP contribution in [0.1, 0.15) is 25.5 Å². The van der Waals surface area contributed by atoms with E-state index in [4.69, 9.17) is 24.7 Å². The number of rotatable bonds is 10. The zero-order valence-electron chi connectivity index (χ0n) is 12.6. The Hall–Kier alpha value is -1.30. The third-order valence-electron chi connectivity index (χ3n) is 2.72. The first-order valence-electron chi connectivity index (χ1n) is 6.94. The molecular weight excluding hydrogens is 258 g/mol. The topological polar surface area (TPSA) is 62.9 Å². The first kappa shape index (κ1) is 16.8. The first-order valence-corrected chi connectivity index (χ1v) is 6.94. The molecule has 0 aliphatic carbocycles. The van der Waals surface area contributed by atoms with Crippen molar-refractivity contribution in [1.82, 2.24) is 0 Å². The van der Waals surface area contributed by atoms with E-state index < -0.39 is 0 Å². The molecule has 1 aromatic rings. The van der Waals surface area contributed by atoms with Crippen molar-refractivity contribution in [2.24, 2.45) is 5.73 Å². The molecule has 0 radical (unpaired) electrons. The fourth-order valence-corrected chi connectivity index (χ4v) is 1.75. The molecule has 114 valence electrons. The minimum atomic E-state index is -0.193. The molecule has 1 aromatic carbocycles. The highest BCUT2D eigenvalue weighted by Gasteiger charge is 2.11. The number of hydrogen-bond acceptors (Lipinski definition) is 5. The zero-order chi connectivity index (χ0) is 14.8. The lowest BCUT2D eigenvalue weighted by Crippen LogP contribution is -2.18. The molecule has 0 heterocycles. The van der Waals surface area contributed by atoms with Gasteiger partial charge in [-0.3, -0.25) is 0 Å². The van der Waals surface area contributed by atoms with E-state index in [1.165, 1.54) is 0 Å². The summed E-state index contributed by atoms with van der Waals surface area (Å²) in [5.41, 5.74) is 7.07. The maximum absolute atomic E-state index is 6.10. The van der Waals surface area contributed by atoms with Crippen LogP contribution in [-0.2, 0) is 9.47 Å². The predicted octanol–water partition coefficient (Wildman–Crippen LogP) is 2.15. The Labute approximate surface area is 121 Å². The lowest BCUT2D eigenvalue weighted by Gasteiger charge is -2.16. The van der Waals surface area contributed by atoms with E-state index in [9.17, 15) is 0 Å². The molecule has 0 saturated heterocycles. The second-order valence-electron chi connectivity index (χ2n) is 4.25. The van der Waals surface area contributed by atoms with Crippen LogP contribution >= 0.6 is 0 Å². The van der Waals surface area contributed by atoms with Crippen LogP contribution in [-0.4, -0.2) is 40.1 Å². The highest BCUT2D eigenvalue weighted by molar-refractivity contribution is 5.43. The standard InChI is InChI=1S/C15H25NO4/c1-4-19-14-7-6-12(10-15(14)20-5-2)13(16)11-18-9-8-17-3/h6-7,10,13H,4-5,8-9,11,16H2,1-3H3. The van der Waals surface area contributed by atoms with E-state index in [-0.39, 0.29) is 6.04 Å². The molecule has 0 amide bonds.